The van der Waals surface area contributed by atoms with Crippen LogP contribution in [0.4, 0.5) is 0 Å². The number of aliphatic hydroxyl groups is 7. The quantitative estimate of drug-likeness (QED) is 0.120. The molecule has 1 saturated carbocycles. The van der Waals surface area contributed by atoms with Crippen LogP contribution in [0.3, 0.4) is 0 Å². The van der Waals surface area contributed by atoms with Gasteiger partial charge in [0, 0.05) is 24.2 Å². The average Bonchev–Trinajstić information content (AvgIpc) is 3.06. The first-order valence-electron chi connectivity index (χ1n) is 15.3. The summed E-state index contributed by atoms with van der Waals surface area (Å²) in [6.45, 7) is -0.906. The summed E-state index contributed by atoms with van der Waals surface area (Å²) >= 11 is 0. The van der Waals surface area contributed by atoms with Crippen molar-refractivity contribution < 1.29 is 64.2 Å². The van der Waals surface area contributed by atoms with Crippen LogP contribution in [0, 0.1) is 0 Å². The number of carbonyl (C=O) groups excluding carboxylic acids is 1. The van der Waals surface area contributed by atoms with Crippen LogP contribution in [0.5, 0.6) is 5.75 Å². The lowest BCUT2D eigenvalue weighted by Gasteiger charge is -2.48. The van der Waals surface area contributed by atoms with Gasteiger partial charge in [0.15, 0.2) is 12.6 Å². The van der Waals surface area contributed by atoms with Crippen molar-refractivity contribution >= 4 is 16.7 Å². The number of benzene rings is 2. The Morgan fingerprint density at radius 1 is 0.787 bits per heavy atom. The molecule has 1 amide bonds. The van der Waals surface area contributed by atoms with E-state index in [9.17, 15) is 40.5 Å². The van der Waals surface area contributed by atoms with Crippen LogP contribution in [-0.4, -0.2) is 154 Å². The second kappa shape index (κ2) is 14.9. The van der Waals surface area contributed by atoms with Crippen LogP contribution in [0.25, 0.3) is 10.8 Å². The summed E-state index contributed by atoms with van der Waals surface area (Å²) in [5.41, 5.74) is 18.6. The first-order valence-corrected chi connectivity index (χ1v) is 15.3. The number of ether oxygens (including phenoxy) is 5. The highest BCUT2D eigenvalue weighted by atomic mass is 16.7. The predicted molar refractivity (Wildman–Crippen MR) is 162 cm³/mol. The number of fused-ring (bicyclic) bond motifs is 1. The van der Waals surface area contributed by atoms with Gasteiger partial charge in [-0.2, -0.15) is 0 Å². The zero-order valence-electron chi connectivity index (χ0n) is 25.6. The number of hydrogen-bond donors (Lipinski definition) is 11. The van der Waals surface area contributed by atoms with Crippen LogP contribution in [-0.2, 0) is 18.9 Å². The maximum absolute atomic E-state index is 13.0. The van der Waals surface area contributed by atoms with Crippen LogP contribution < -0.4 is 27.3 Å². The molecule has 0 spiro atoms. The van der Waals surface area contributed by atoms with Crippen molar-refractivity contribution in [3.63, 3.8) is 0 Å². The van der Waals surface area contributed by atoms with Crippen molar-refractivity contribution in [2.24, 2.45) is 17.2 Å². The fourth-order valence-corrected chi connectivity index (χ4v) is 6.16. The SMILES string of the molecule is COc1ccc2cc(C(=O)NCC3OC(OC4C(N)C[C@H](N)C(OC5OC(CO)C(O)C(N)C5O)C4O)C(O)C(O)C3O)ccc2c1. The van der Waals surface area contributed by atoms with Gasteiger partial charge in [0.2, 0.25) is 0 Å². The van der Waals surface area contributed by atoms with E-state index in [1.165, 1.54) is 0 Å². The lowest BCUT2D eigenvalue weighted by molar-refractivity contribution is -0.332. The third kappa shape index (κ3) is 7.38. The van der Waals surface area contributed by atoms with Gasteiger partial charge < -0.3 is 81.9 Å². The number of nitrogens with two attached hydrogens (primary N) is 3. The van der Waals surface area contributed by atoms with Crippen LogP contribution in [0.15, 0.2) is 36.4 Å². The number of rotatable bonds is 9. The Morgan fingerprint density at radius 2 is 1.38 bits per heavy atom. The van der Waals surface area contributed by atoms with E-state index in [2.05, 4.69) is 5.32 Å². The number of methoxy groups -OCH3 is 1. The van der Waals surface area contributed by atoms with E-state index in [1.54, 1.807) is 37.4 Å². The Bertz CT molecular complexity index is 1370. The van der Waals surface area contributed by atoms with Crippen LogP contribution in [0.2, 0.25) is 0 Å². The minimum Gasteiger partial charge on any atom is -0.497 e. The molecule has 17 nitrogen and oxygen atoms in total. The Morgan fingerprint density at radius 3 is 2.02 bits per heavy atom. The molecule has 2 aliphatic heterocycles. The van der Waals surface area contributed by atoms with E-state index >= 15 is 0 Å². The normalized spacial score (nSPS) is 41.0. The second-order valence-corrected chi connectivity index (χ2v) is 12.2. The van der Waals surface area contributed by atoms with Gasteiger partial charge in [0.1, 0.15) is 66.8 Å². The zero-order chi connectivity index (χ0) is 34.2. The Balaban J connectivity index is 1.24. The van der Waals surface area contributed by atoms with Gasteiger partial charge in [-0.25, -0.2) is 0 Å². The summed E-state index contributed by atoms with van der Waals surface area (Å²) in [5.74, 6) is 0.181. The molecule has 262 valence electrons. The van der Waals surface area contributed by atoms with Gasteiger partial charge in [0.05, 0.1) is 19.8 Å². The molecule has 14 unspecified atom stereocenters. The second-order valence-electron chi connectivity index (χ2n) is 12.2. The van der Waals surface area contributed by atoms with Crippen LogP contribution >= 0.6 is 0 Å². The Kier molecular flexibility index (Phi) is 11.3. The molecule has 3 fully saturated rings. The highest BCUT2D eigenvalue weighted by Crippen LogP contribution is 2.31. The van der Waals surface area contributed by atoms with Gasteiger partial charge >= 0.3 is 0 Å². The molecule has 2 heterocycles. The topological polar surface area (TPSA) is 295 Å². The van der Waals surface area contributed by atoms with Gasteiger partial charge in [-0.3, -0.25) is 4.79 Å². The zero-order valence-corrected chi connectivity index (χ0v) is 25.6. The van der Waals surface area contributed by atoms with Crippen molar-refractivity contribution in [2.45, 2.75) is 98.2 Å². The molecule has 1 aliphatic carbocycles. The number of aliphatic hydroxyl groups excluding tert-OH is 7. The van der Waals surface area contributed by atoms with Gasteiger partial charge in [-0.1, -0.05) is 12.1 Å². The monoisotopic (exact) mass is 668 g/mol. The molecule has 14 N–H and O–H groups in total. The summed E-state index contributed by atoms with van der Waals surface area (Å²) in [7, 11) is 1.56. The lowest BCUT2D eigenvalue weighted by atomic mass is 9.84. The van der Waals surface area contributed by atoms with Crippen molar-refractivity contribution in [3.05, 3.63) is 42.0 Å². The van der Waals surface area contributed by atoms with Gasteiger partial charge in [-0.05, 0) is 41.5 Å². The van der Waals surface area contributed by atoms with Gasteiger partial charge in [0.25, 0.3) is 5.91 Å². The highest BCUT2D eigenvalue weighted by molar-refractivity contribution is 5.98. The molecule has 17 heteroatoms. The number of nitrogens with one attached hydrogen (secondary N) is 1. The fourth-order valence-electron chi connectivity index (χ4n) is 6.16. The molecule has 2 saturated heterocycles. The van der Waals surface area contributed by atoms with E-state index in [1.807, 2.05) is 6.07 Å². The Hall–Kier alpha value is -2.59. The third-order valence-electron chi connectivity index (χ3n) is 9.02. The van der Waals surface area contributed by atoms with Crippen molar-refractivity contribution in [3.8, 4) is 5.75 Å². The number of hydrogen-bond acceptors (Lipinski definition) is 16. The van der Waals surface area contributed by atoms with Crippen molar-refractivity contribution in [1.82, 2.24) is 5.32 Å². The first-order chi connectivity index (χ1) is 22.3. The molecule has 0 aromatic heterocycles. The molecule has 47 heavy (non-hydrogen) atoms. The Labute approximate surface area is 269 Å². The smallest absolute Gasteiger partial charge is 0.251 e. The molecular weight excluding hydrogens is 624 g/mol. The standard InChI is InChI=1S/C30H44N4O13/c1-43-14-5-4-11-6-13(3-2-12(11)7-14)28(42)34-9-17-21(37)23(39)24(40)30(44-17)47-27-16(32)8-15(31)26(25(27)41)46-29-22(38)19(33)20(36)18(10-35)45-29/h2-7,15-27,29-30,35-41H,8-10,31-33H2,1H3,(H,34,42)/t15-,16?,17?,18?,19?,20?,21?,22?,23?,24?,25?,26?,27?,29?,30?/m0/s1. The minimum absolute atomic E-state index is 0.0271. The fraction of sp³-hybridized carbons (Fsp3) is 0.633. The maximum atomic E-state index is 13.0. The summed E-state index contributed by atoms with van der Waals surface area (Å²) in [6.07, 6.45) is -17.7. The predicted octanol–water partition coefficient (Wildman–Crippen LogP) is -4.66. The van der Waals surface area contributed by atoms with Crippen LogP contribution in [0.1, 0.15) is 16.8 Å². The first kappa shape index (κ1) is 35.7. The van der Waals surface area contributed by atoms with E-state index in [4.69, 9.17) is 40.9 Å². The molecule has 2 aromatic carbocycles. The summed E-state index contributed by atoms with van der Waals surface area (Å²) in [4.78, 5) is 13.0. The number of amides is 1. The summed E-state index contributed by atoms with van der Waals surface area (Å²) < 4.78 is 28.1. The molecule has 15 atom stereocenters. The molecule has 0 bridgehead atoms. The van der Waals surface area contributed by atoms with E-state index in [0.29, 0.717) is 11.3 Å². The highest BCUT2D eigenvalue weighted by Gasteiger charge is 2.51. The lowest BCUT2D eigenvalue weighted by Crippen LogP contribution is -2.68. The van der Waals surface area contributed by atoms with E-state index in [0.717, 1.165) is 10.8 Å². The molecule has 3 aliphatic rings. The summed E-state index contributed by atoms with van der Waals surface area (Å²) in [6, 6.07) is 7.40. The average molecular weight is 669 g/mol. The number of carbonyl (C=O) groups is 1. The molecule has 2 aromatic rings. The summed E-state index contributed by atoms with van der Waals surface area (Å²) in [5, 5.41) is 77.6. The maximum Gasteiger partial charge on any atom is 0.251 e. The van der Waals surface area contributed by atoms with E-state index in [-0.39, 0.29) is 13.0 Å². The molecule has 0 radical (unpaired) electrons. The van der Waals surface area contributed by atoms with Crippen molar-refractivity contribution in [1.29, 1.82) is 0 Å². The molecular formula is C30H44N4O13. The van der Waals surface area contributed by atoms with E-state index < -0.39 is 104 Å². The largest absolute Gasteiger partial charge is 0.497 e. The third-order valence-corrected chi connectivity index (χ3v) is 9.02. The van der Waals surface area contributed by atoms with Crippen molar-refractivity contribution in [2.75, 3.05) is 20.3 Å². The molecule has 5 rings (SSSR count). The minimum atomic E-state index is -1.78. The van der Waals surface area contributed by atoms with Gasteiger partial charge in [-0.15, -0.1) is 0 Å².